The summed E-state index contributed by atoms with van der Waals surface area (Å²) in [4.78, 5) is 16.1. The molecule has 0 fully saturated rings. The van der Waals surface area contributed by atoms with Gasteiger partial charge in [-0.3, -0.25) is 4.79 Å². The van der Waals surface area contributed by atoms with Crippen LogP contribution in [0, 0.1) is 0 Å². The number of nitrogens with one attached hydrogen (secondary N) is 1. The molecule has 1 amide bonds. The van der Waals surface area contributed by atoms with Gasteiger partial charge in [0.2, 0.25) is 0 Å². The molecule has 0 saturated heterocycles. The first-order valence-electron chi connectivity index (χ1n) is 6.00. The molecule has 1 aromatic carbocycles. The van der Waals surface area contributed by atoms with Gasteiger partial charge in [-0.1, -0.05) is 11.6 Å². The highest BCUT2D eigenvalue weighted by Crippen LogP contribution is 2.27. The summed E-state index contributed by atoms with van der Waals surface area (Å²) in [5.74, 6) is 0.197. The summed E-state index contributed by atoms with van der Waals surface area (Å²) < 4.78 is 6.85. The van der Waals surface area contributed by atoms with E-state index in [1.165, 1.54) is 7.11 Å². The summed E-state index contributed by atoms with van der Waals surface area (Å²) in [5, 5.41) is 3.21. The number of carbonyl (C=O) groups is 1. The molecule has 3 N–H and O–H groups in total. The quantitative estimate of drug-likeness (QED) is 0.880. The van der Waals surface area contributed by atoms with Crippen molar-refractivity contribution >= 4 is 23.2 Å². The van der Waals surface area contributed by atoms with E-state index in [4.69, 9.17) is 22.1 Å². The van der Waals surface area contributed by atoms with Crippen LogP contribution in [0.25, 0.3) is 0 Å². The lowest BCUT2D eigenvalue weighted by Crippen LogP contribution is -2.13. The number of anilines is 1. The number of halogens is 1. The van der Waals surface area contributed by atoms with Crippen molar-refractivity contribution in [1.29, 1.82) is 0 Å². The van der Waals surface area contributed by atoms with Gasteiger partial charge < -0.3 is 20.4 Å². The van der Waals surface area contributed by atoms with Crippen LogP contribution in [0.15, 0.2) is 30.7 Å². The second kappa shape index (κ2) is 6.40. The second-order valence-electron chi connectivity index (χ2n) is 4.09. The molecule has 0 bridgehead atoms. The van der Waals surface area contributed by atoms with Crippen molar-refractivity contribution in [1.82, 2.24) is 9.55 Å². The molecule has 0 aliphatic rings. The molecule has 2 rings (SSSR count). The Kier molecular flexibility index (Phi) is 4.60. The smallest absolute Gasteiger partial charge is 0.275 e. The zero-order valence-electron chi connectivity index (χ0n) is 11.0. The highest BCUT2D eigenvalue weighted by atomic mass is 35.5. The lowest BCUT2D eigenvalue weighted by Gasteiger charge is -2.07. The molecule has 2 aromatic rings. The van der Waals surface area contributed by atoms with E-state index in [0.29, 0.717) is 35.2 Å². The maximum Gasteiger partial charge on any atom is 0.275 e. The van der Waals surface area contributed by atoms with Crippen molar-refractivity contribution in [3.05, 3.63) is 41.4 Å². The number of aromatic nitrogens is 2. The van der Waals surface area contributed by atoms with Gasteiger partial charge in [0.25, 0.3) is 5.91 Å². The minimum Gasteiger partial charge on any atom is -0.495 e. The minimum atomic E-state index is -0.301. The molecule has 6 nitrogen and oxygen atoms in total. The predicted molar refractivity (Wildman–Crippen MR) is 77.2 cm³/mol. The maximum atomic E-state index is 12.0. The van der Waals surface area contributed by atoms with Crippen LogP contribution in [0.2, 0.25) is 5.02 Å². The molecule has 0 aliphatic carbocycles. The average molecular weight is 295 g/mol. The monoisotopic (exact) mass is 294 g/mol. The summed E-state index contributed by atoms with van der Waals surface area (Å²) in [6, 6.07) is 5.00. The lowest BCUT2D eigenvalue weighted by atomic mass is 10.3. The van der Waals surface area contributed by atoms with Crippen LogP contribution < -0.4 is 15.8 Å². The third kappa shape index (κ3) is 3.28. The summed E-state index contributed by atoms with van der Waals surface area (Å²) in [6.45, 7) is 1.11. The minimum absolute atomic E-state index is 0.301. The molecule has 0 unspecified atom stereocenters. The number of rotatable bonds is 5. The molecule has 0 spiro atoms. The van der Waals surface area contributed by atoms with Crippen LogP contribution in [0.1, 0.15) is 10.5 Å². The van der Waals surface area contributed by atoms with Gasteiger partial charge in [-0.2, -0.15) is 0 Å². The number of methoxy groups -OCH3 is 1. The Hall–Kier alpha value is -2.05. The number of nitrogens with two attached hydrogens (primary N) is 1. The van der Waals surface area contributed by atoms with Crippen molar-refractivity contribution in [2.45, 2.75) is 6.54 Å². The van der Waals surface area contributed by atoms with Crippen LogP contribution in [0.3, 0.4) is 0 Å². The van der Waals surface area contributed by atoms with E-state index in [2.05, 4.69) is 10.3 Å². The van der Waals surface area contributed by atoms with E-state index in [1.807, 2.05) is 0 Å². The number of amides is 1. The maximum absolute atomic E-state index is 12.0. The topological polar surface area (TPSA) is 82.2 Å². The summed E-state index contributed by atoms with van der Waals surface area (Å²) in [6.07, 6.45) is 3.22. The summed E-state index contributed by atoms with van der Waals surface area (Å²) in [5.41, 5.74) is 6.35. The van der Waals surface area contributed by atoms with E-state index in [0.717, 1.165) is 0 Å². The molecule has 0 radical (unpaired) electrons. The molecule has 0 saturated carbocycles. The number of hydrogen-bond acceptors (Lipinski definition) is 4. The number of hydrogen-bond donors (Lipinski definition) is 2. The number of carbonyl (C=O) groups excluding carboxylic acids is 1. The molecular formula is C13H15ClN4O2. The van der Waals surface area contributed by atoms with Crippen LogP contribution in [0.5, 0.6) is 5.75 Å². The Balaban J connectivity index is 2.10. The van der Waals surface area contributed by atoms with Crippen molar-refractivity contribution in [3.8, 4) is 5.75 Å². The fraction of sp³-hybridized carbons (Fsp3) is 0.231. The lowest BCUT2D eigenvalue weighted by molar-refractivity contribution is 0.102. The van der Waals surface area contributed by atoms with Gasteiger partial charge in [0.05, 0.1) is 18.5 Å². The summed E-state index contributed by atoms with van der Waals surface area (Å²) >= 11 is 5.92. The molecule has 7 heteroatoms. The predicted octanol–water partition coefficient (Wildman–Crippen LogP) is 1.76. The van der Waals surface area contributed by atoms with Crippen molar-refractivity contribution < 1.29 is 9.53 Å². The second-order valence-corrected chi connectivity index (χ2v) is 4.50. The van der Waals surface area contributed by atoms with Gasteiger partial charge in [0.1, 0.15) is 11.4 Å². The highest BCUT2D eigenvalue weighted by molar-refractivity contribution is 6.32. The molecule has 1 aromatic heterocycles. The largest absolute Gasteiger partial charge is 0.495 e. The molecule has 0 atom stereocenters. The first kappa shape index (κ1) is 14.4. The van der Waals surface area contributed by atoms with Crippen molar-refractivity contribution in [2.24, 2.45) is 5.73 Å². The van der Waals surface area contributed by atoms with Crippen LogP contribution in [0.4, 0.5) is 5.69 Å². The number of imidazole rings is 1. The van der Waals surface area contributed by atoms with Gasteiger partial charge in [-0.25, -0.2) is 4.98 Å². The van der Waals surface area contributed by atoms with Gasteiger partial charge in [0.15, 0.2) is 0 Å². The van der Waals surface area contributed by atoms with Crippen LogP contribution in [-0.4, -0.2) is 29.1 Å². The third-order valence-electron chi connectivity index (χ3n) is 2.66. The zero-order valence-corrected chi connectivity index (χ0v) is 11.7. The fourth-order valence-corrected chi connectivity index (χ4v) is 1.88. The number of benzene rings is 1. The SMILES string of the molecule is COc1cc(NC(=O)c2cn(CCN)cn2)ccc1Cl. The number of nitrogens with zero attached hydrogens (tertiary/aromatic N) is 2. The first-order valence-corrected chi connectivity index (χ1v) is 6.38. The van der Waals surface area contributed by atoms with E-state index in [-0.39, 0.29) is 5.91 Å². The molecule has 0 aliphatic heterocycles. The van der Waals surface area contributed by atoms with Gasteiger partial charge >= 0.3 is 0 Å². The zero-order chi connectivity index (χ0) is 14.5. The van der Waals surface area contributed by atoms with E-state index >= 15 is 0 Å². The van der Waals surface area contributed by atoms with Gasteiger partial charge in [-0.05, 0) is 12.1 Å². The molecule has 1 heterocycles. The van der Waals surface area contributed by atoms with Crippen molar-refractivity contribution in [2.75, 3.05) is 19.0 Å². The first-order chi connectivity index (χ1) is 9.63. The normalized spacial score (nSPS) is 10.3. The third-order valence-corrected chi connectivity index (χ3v) is 2.97. The van der Waals surface area contributed by atoms with Gasteiger partial charge in [0, 0.05) is 31.0 Å². The van der Waals surface area contributed by atoms with Crippen LogP contribution >= 0.6 is 11.6 Å². The number of ether oxygens (including phenoxy) is 1. The van der Waals surface area contributed by atoms with Crippen molar-refractivity contribution in [3.63, 3.8) is 0 Å². The highest BCUT2D eigenvalue weighted by Gasteiger charge is 2.11. The Morgan fingerprint density at radius 2 is 2.35 bits per heavy atom. The van der Waals surface area contributed by atoms with Gasteiger partial charge in [-0.15, -0.1) is 0 Å². The Labute approximate surface area is 121 Å². The molecule has 20 heavy (non-hydrogen) atoms. The van der Waals surface area contributed by atoms with Crippen LogP contribution in [-0.2, 0) is 6.54 Å². The Bertz CT molecular complexity index is 612. The van der Waals surface area contributed by atoms with E-state index in [1.54, 1.807) is 35.3 Å². The van der Waals surface area contributed by atoms with E-state index in [9.17, 15) is 4.79 Å². The summed E-state index contributed by atoms with van der Waals surface area (Å²) in [7, 11) is 1.52. The van der Waals surface area contributed by atoms with E-state index < -0.39 is 0 Å². The Morgan fingerprint density at radius 3 is 3.05 bits per heavy atom. The standard InChI is InChI=1S/C13H15ClN4O2/c1-20-12-6-9(2-3-10(12)14)17-13(19)11-7-18(5-4-15)8-16-11/h2-3,6-8H,4-5,15H2,1H3,(H,17,19). The Morgan fingerprint density at radius 1 is 1.55 bits per heavy atom. The average Bonchev–Trinajstić information content (AvgIpc) is 2.90. The molecular weight excluding hydrogens is 280 g/mol. The fourth-order valence-electron chi connectivity index (χ4n) is 1.68. The molecule has 106 valence electrons.